The van der Waals surface area contributed by atoms with E-state index in [9.17, 15) is 9.90 Å². The first-order chi connectivity index (χ1) is 8.71. The lowest BCUT2D eigenvalue weighted by Crippen LogP contribution is -2.41. The lowest BCUT2D eigenvalue weighted by atomic mass is 9.94. The number of aliphatic hydroxyl groups is 1. The second-order valence-electron chi connectivity index (χ2n) is 5.40. The van der Waals surface area contributed by atoms with Crippen LogP contribution in [0.15, 0.2) is 22.7 Å². The molecule has 0 aliphatic heterocycles. The second kappa shape index (κ2) is 6.73. The first-order valence-corrected chi connectivity index (χ1v) is 7.34. The number of halogens is 2. The van der Waals surface area contributed by atoms with E-state index in [1.54, 1.807) is 25.1 Å². The Kier molecular flexibility index (Phi) is 5.83. The van der Waals surface area contributed by atoms with Crippen molar-refractivity contribution in [3.05, 3.63) is 33.3 Å². The Labute approximate surface area is 127 Å². The number of amides is 1. The van der Waals surface area contributed by atoms with Crippen molar-refractivity contribution < 1.29 is 9.90 Å². The van der Waals surface area contributed by atoms with Crippen molar-refractivity contribution in [3.63, 3.8) is 0 Å². The number of carbonyl (C=O) groups excluding carboxylic acids is 1. The van der Waals surface area contributed by atoms with Gasteiger partial charge in [-0.2, -0.15) is 0 Å². The lowest BCUT2D eigenvalue weighted by Gasteiger charge is -2.25. The Morgan fingerprint density at radius 3 is 2.74 bits per heavy atom. The molecule has 1 amide bonds. The molecule has 5 heteroatoms. The van der Waals surface area contributed by atoms with Crippen LogP contribution in [-0.2, 0) is 0 Å². The summed E-state index contributed by atoms with van der Waals surface area (Å²) in [6.07, 6.45) is 0.629. The molecule has 1 aromatic carbocycles. The molecule has 0 fully saturated rings. The lowest BCUT2D eigenvalue weighted by molar-refractivity contribution is 0.0368. The number of hydrogen-bond donors (Lipinski definition) is 2. The van der Waals surface area contributed by atoms with Gasteiger partial charge in [0.05, 0.1) is 11.2 Å². The highest BCUT2D eigenvalue weighted by Gasteiger charge is 2.23. The maximum absolute atomic E-state index is 12.0. The van der Waals surface area contributed by atoms with Crippen molar-refractivity contribution >= 4 is 33.4 Å². The van der Waals surface area contributed by atoms with Gasteiger partial charge < -0.3 is 10.4 Å². The molecule has 19 heavy (non-hydrogen) atoms. The minimum Gasteiger partial charge on any atom is -0.388 e. The number of benzene rings is 1. The van der Waals surface area contributed by atoms with E-state index >= 15 is 0 Å². The largest absolute Gasteiger partial charge is 0.388 e. The number of carbonyl (C=O) groups is 1. The fourth-order valence-corrected chi connectivity index (χ4v) is 2.59. The molecule has 106 valence electrons. The first-order valence-electron chi connectivity index (χ1n) is 6.17. The Bertz CT molecular complexity index is 461. The molecule has 1 rings (SSSR count). The van der Waals surface area contributed by atoms with Crippen LogP contribution in [-0.4, -0.2) is 23.2 Å². The van der Waals surface area contributed by atoms with Gasteiger partial charge in [0.15, 0.2) is 0 Å². The summed E-state index contributed by atoms with van der Waals surface area (Å²) in [7, 11) is 0. The molecule has 0 heterocycles. The van der Waals surface area contributed by atoms with E-state index in [0.29, 0.717) is 27.4 Å². The average Bonchev–Trinajstić information content (AvgIpc) is 2.27. The third-order valence-electron chi connectivity index (χ3n) is 2.65. The third kappa shape index (κ3) is 5.51. The summed E-state index contributed by atoms with van der Waals surface area (Å²) in [5, 5.41) is 13.4. The number of hydrogen-bond acceptors (Lipinski definition) is 2. The minimum atomic E-state index is -0.908. The molecule has 1 unspecified atom stereocenters. The molecule has 0 saturated carbocycles. The first kappa shape index (κ1) is 16.5. The van der Waals surface area contributed by atoms with Crippen molar-refractivity contribution in [2.24, 2.45) is 5.92 Å². The van der Waals surface area contributed by atoms with Gasteiger partial charge in [0.1, 0.15) is 0 Å². The van der Waals surface area contributed by atoms with Crippen LogP contribution in [0.4, 0.5) is 0 Å². The van der Waals surface area contributed by atoms with Gasteiger partial charge in [-0.3, -0.25) is 4.79 Å². The van der Waals surface area contributed by atoms with Crippen molar-refractivity contribution in [1.29, 1.82) is 0 Å². The summed E-state index contributed by atoms with van der Waals surface area (Å²) < 4.78 is 0.679. The zero-order chi connectivity index (χ0) is 14.6. The van der Waals surface area contributed by atoms with Crippen molar-refractivity contribution in [2.45, 2.75) is 32.8 Å². The quantitative estimate of drug-likeness (QED) is 0.853. The topological polar surface area (TPSA) is 49.3 Å². The van der Waals surface area contributed by atoms with E-state index in [4.69, 9.17) is 11.6 Å². The smallest absolute Gasteiger partial charge is 0.252 e. The third-order valence-corrected chi connectivity index (χ3v) is 3.58. The molecule has 3 nitrogen and oxygen atoms in total. The summed E-state index contributed by atoms with van der Waals surface area (Å²) in [6, 6.07) is 5.03. The highest BCUT2D eigenvalue weighted by atomic mass is 79.9. The Hall–Kier alpha value is -0.580. The van der Waals surface area contributed by atoms with Crippen molar-refractivity contribution in [2.75, 3.05) is 6.54 Å². The van der Waals surface area contributed by atoms with Crippen LogP contribution >= 0.6 is 27.5 Å². The summed E-state index contributed by atoms with van der Waals surface area (Å²) in [6.45, 7) is 6.00. The van der Waals surface area contributed by atoms with Gasteiger partial charge in [-0.05, 0) is 53.4 Å². The molecule has 0 aliphatic carbocycles. The summed E-state index contributed by atoms with van der Waals surface area (Å²) in [5.74, 6) is 0.114. The summed E-state index contributed by atoms with van der Waals surface area (Å²) >= 11 is 9.18. The number of nitrogens with one attached hydrogen (secondary N) is 1. The van der Waals surface area contributed by atoms with Gasteiger partial charge in [-0.1, -0.05) is 25.4 Å². The van der Waals surface area contributed by atoms with Crippen molar-refractivity contribution in [1.82, 2.24) is 5.32 Å². The van der Waals surface area contributed by atoms with Crippen LogP contribution in [0.2, 0.25) is 5.02 Å². The van der Waals surface area contributed by atoms with E-state index in [1.807, 2.05) is 13.8 Å². The highest BCUT2D eigenvalue weighted by molar-refractivity contribution is 9.10. The highest BCUT2D eigenvalue weighted by Crippen LogP contribution is 2.21. The predicted molar refractivity (Wildman–Crippen MR) is 81.6 cm³/mol. The Balaban J connectivity index is 2.68. The molecule has 0 aliphatic rings. The maximum atomic E-state index is 12.0. The summed E-state index contributed by atoms with van der Waals surface area (Å²) in [4.78, 5) is 12.0. The van der Waals surface area contributed by atoms with E-state index in [0.717, 1.165) is 0 Å². The molecule has 1 atom stereocenters. The fourth-order valence-electron chi connectivity index (χ4n) is 1.99. The molecule has 0 bridgehead atoms. The van der Waals surface area contributed by atoms with Gasteiger partial charge in [0.2, 0.25) is 0 Å². The van der Waals surface area contributed by atoms with Gasteiger partial charge in [0, 0.05) is 16.0 Å². The van der Waals surface area contributed by atoms with Gasteiger partial charge in [0.25, 0.3) is 5.91 Å². The average molecular weight is 349 g/mol. The van der Waals surface area contributed by atoms with E-state index < -0.39 is 5.60 Å². The monoisotopic (exact) mass is 347 g/mol. The normalized spacial score (nSPS) is 14.3. The van der Waals surface area contributed by atoms with Crippen LogP contribution in [0.3, 0.4) is 0 Å². The Morgan fingerprint density at radius 2 is 2.16 bits per heavy atom. The molecular formula is C14H19BrClNO2. The molecular weight excluding hydrogens is 330 g/mol. The standard InChI is InChI=1S/C14H19BrClNO2/c1-9(2)7-14(3,19)8-17-13(18)11-6-10(16)4-5-12(11)15/h4-6,9,19H,7-8H2,1-3H3,(H,17,18). The molecule has 1 aromatic rings. The fraction of sp³-hybridized carbons (Fsp3) is 0.500. The number of rotatable bonds is 5. The van der Waals surface area contributed by atoms with Crippen LogP contribution < -0.4 is 5.32 Å². The van der Waals surface area contributed by atoms with E-state index in [-0.39, 0.29) is 12.5 Å². The SMILES string of the molecule is CC(C)CC(C)(O)CNC(=O)c1cc(Cl)ccc1Br. The maximum Gasteiger partial charge on any atom is 0.252 e. The van der Waals surface area contributed by atoms with Gasteiger partial charge in [-0.15, -0.1) is 0 Å². The molecule has 0 aromatic heterocycles. The molecule has 0 spiro atoms. The zero-order valence-corrected chi connectivity index (χ0v) is 13.7. The van der Waals surface area contributed by atoms with Crippen LogP contribution in [0.1, 0.15) is 37.6 Å². The van der Waals surface area contributed by atoms with Crippen LogP contribution in [0.5, 0.6) is 0 Å². The van der Waals surface area contributed by atoms with Gasteiger partial charge in [-0.25, -0.2) is 0 Å². The Morgan fingerprint density at radius 1 is 1.53 bits per heavy atom. The van der Waals surface area contributed by atoms with E-state index in [1.165, 1.54) is 0 Å². The second-order valence-corrected chi connectivity index (χ2v) is 6.69. The minimum absolute atomic E-state index is 0.211. The van der Waals surface area contributed by atoms with Gasteiger partial charge >= 0.3 is 0 Å². The zero-order valence-electron chi connectivity index (χ0n) is 11.3. The predicted octanol–water partition coefficient (Wildman–Crippen LogP) is 3.63. The molecule has 0 radical (unpaired) electrons. The molecule has 2 N–H and O–H groups in total. The van der Waals surface area contributed by atoms with E-state index in [2.05, 4.69) is 21.2 Å². The van der Waals surface area contributed by atoms with Crippen LogP contribution in [0, 0.1) is 5.92 Å². The van der Waals surface area contributed by atoms with Crippen molar-refractivity contribution in [3.8, 4) is 0 Å². The molecule has 0 saturated heterocycles. The van der Waals surface area contributed by atoms with Crippen LogP contribution in [0.25, 0.3) is 0 Å². The summed E-state index contributed by atoms with van der Waals surface area (Å²) in [5.41, 5.74) is -0.442.